The second-order valence-electron chi connectivity index (χ2n) is 8.47. The van der Waals surface area contributed by atoms with Crippen LogP contribution in [0.15, 0.2) is 24.3 Å². The molecule has 0 aromatic heterocycles. The molecule has 0 amide bonds. The molecule has 2 aliphatic heterocycles. The third-order valence-corrected chi connectivity index (χ3v) is 6.30. The normalized spacial score (nSPS) is 31.1. The van der Waals surface area contributed by atoms with Gasteiger partial charge in [0, 0.05) is 25.6 Å². The van der Waals surface area contributed by atoms with E-state index >= 15 is 0 Å². The minimum absolute atomic E-state index is 0.256. The molecule has 7 heteroatoms. The Balaban J connectivity index is 1.34. The SMILES string of the molecule is COC(=O)c1cccc(O[C@@H]2C[C@@H]3CN(CC4COCCOC4)C[C@@H]3C[C@H]2O)c1. The quantitative estimate of drug-likeness (QED) is 0.746. The monoisotopic (exact) mass is 405 g/mol. The van der Waals surface area contributed by atoms with Crippen LogP contribution >= 0.6 is 0 Å². The molecule has 2 saturated heterocycles. The van der Waals surface area contributed by atoms with Crippen molar-refractivity contribution in [1.82, 2.24) is 4.90 Å². The second kappa shape index (κ2) is 9.43. The number of aliphatic hydroxyl groups excluding tert-OH is 1. The van der Waals surface area contributed by atoms with E-state index in [4.69, 9.17) is 18.9 Å². The lowest BCUT2D eigenvalue weighted by molar-refractivity contribution is -0.0231. The van der Waals surface area contributed by atoms with Gasteiger partial charge in [0.1, 0.15) is 11.9 Å². The molecule has 2 heterocycles. The predicted octanol–water partition coefficient (Wildman–Crippen LogP) is 1.59. The van der Waals surface area contributed by atoms with Crippen molar-refractivity contribution in [2.45, 2.75) is 25.0 Å². The Morgan fingerprint density at radius 2 is 1.90 bits per heavy atom. The summed E-state index contributed by atoms with van der Waals surface area (Å²) in [5.74, 6) is 1.63. The lowest BCUT2D eigenvalue weighted by Crippen LogP contribution is -2.42. The van der Waals surface area contributed by atoms with E-state index in [0.717, 1.165) is 45.7 Å². The zero-order valence-corrected chi connectivity index (χ0v) is 17.0. The highest BCUT2D eigenvalue weighted by atomic mass is 16.5. The molecule has 29 heavy (non-hydrogen) atoms. The summed E-state index contributed by atoms with van der Waals surface area (Å²) in [5.41, 5.74) is 0.452. The average Bonchev–Trinajstić information content (AvgIpc) is 2.92. The lowest BCUT2D eigenvalue weighted by Gasteiger charge is -2.35. The van der Waals surface area contributed by atoms with Crippen molar-refractivity contribution in [2.75, 3.05) is 53.2 Å². The summed E-state index contributed by atoms with van der Waals surface area (Å²) in [4.78, 5) is 14.2. The third kappa shape index (κ3) is 5.09. The number of methoxy groups -OCH3 is 1. The fourth-order valence-electron chi connectivity index (χ4n) is 4.89. The van der Waals surface area contributed by atoms with E-state index < -0.39 is 12.1 Å². The summed E-state index contributed by atoms with van der Waals surface area (Å²) in [6.45, 7) is 5.91. The molecule has 1 saturated carbocycles. The maximum atomic E-state index is 11.7. The van der Waals surface area contributed by atoms with Gasteiger partial charge < -0.3 is 29.0 Å². The van der Waals surface area contributed by atoms with Crippen molar-refractivity contribution in [3.8, 4) is 5.75 Å². The number of fused-ring (bicyclic) bond motifs is 1. The molecule has 4 rings (SSSR count). The van der Waals surface area contributed by atoms with Gasteiger partial charge in [-0.25, -0.2) is 4.79 Å². The molecule has 0 spiro atoms. The van der Waals surface area contributed by atoms with Crippen LogP contribution in [0.3, 0.4) is 0 Å². The fourth-order valence-corrected chi connectivity index (χ4v) is 4.89. The summed E-state index contributed by atoms with van der Waals surface area (Å²) in [6, 6.07) is 6.96. The van der Waals surface area contributed by atoms with Crippen LogP contribution in [0.25, 0.3) is 0 Å². The van der Waals surface area contributed by atoms with Crippen LogP contribution in [-0.2, 0) is 14.2 Å². The number of likely N-dealkylation sites (tertiary alicyclic amines) is 1. The van der Waals surface area contributed by atoms with Gasteiger partial charge in [-0.2, -0.15) is 0 Å². The molecule has 1 N–H and O–H groups in total. The van der Waals surface area contributed by atoms with Gasteiger partial charge in [-0.3, -0.25) is 0 Å². The Labute approximate surface area is 171 Å². The maximum Gasteiger partial charge on any atom is 0.337 e. The van der Waals surface area contributed by atoms with Crippen molar-refractivity contribution in [3.05, 3.63) is 29.8 Å². The Kier molecular flexibility index (Phi) is 6.70. The van der Waals surface area contributed by atoms with Gasteiger partial charge in [-0.15, -0.1) is 0 Å². The number of carbonyl (C=O) groups excluding carboxylic acids is 1. The van der Waals surface area contributed by atoms with Crippen LogP contribution in [0.5, 0.6) is 5.75 Å². The van der Waals surface area contributed by atoms with Crippen LogP contribution in [0.2, 0.25) is 0 Å². The van der Waals surface area contributed by atoms with Crippen molar-refractivity contribution in [2.24, 2.45) is 17.8 Å². The maximum absolute atomic E-state index is 11.7. The largest absolute Gasteiger partial charge is 0.488 e. The third-order valence-electron chi connectivity index (χ3n) is 6.30. The Morgan fingerprint density at radius 1 is 1.17 bits per heavy atom. The van der Waals surface area contributed by atoms with E-state index in [0.29, 0.717) is 42.3 Å². The van der Waals surface area contributed by atoms with E-state index in [-0.39, 0.29) is 6.10 Å². The smallest absolute Gasteiger partial charge is 0.337 e. The van der Waals surface area contributed by atoms with Crippen LogP contribution in [0.4, 0.5) is 0 Å². The van der Waals surface area contributed by atoms with Crippen LogP contribution < -0.4 is 4.74 Å². The predicted molar refractivity (Wildman–Crippen MR) is 106 cm³/mol. The lowest BCUT2D eigenvalue weighted by atomic mass is 9.78. The van der Waals surface area contributed by atoms with E-state index in [2.05, 4.69) is 4.90 Å². The molecular weight excluding hydrogens is 374 g/mol. The highest BCUT2D eigenvalue weighted by Gasteiger charge is 2.43. The van der Waals surface area contributed by atoms with Gasteiger partial charge in [0.05, 0.1) is 45.2 Å². The minimum atomic E-state index is -0.498. The number of hydrogen-bond acceptors (Lipinski definition) is 7. The van der Waals surface area contributed by atoms with E-state index in [1.54, 1.807) is 18.2 Å². The number of nitrogens with zero attached hydrogens (tertiary/aromatic N) is 1. The fraction of sp³-hybridized carbons (Fsp3) is 0.682. The Bertz CT molecular complexity index is 690. The standard InChI is InChI=1S/C22H31NO6/c1-26-22(25)16-3-2-4-19(7-16)29-21-9-18-12-23(11-17(18)8-20(21)24)10-15-13-27-5-6-28-14-15/h2-4,7,15,17-18,20-21,24H,5-6,8-14H2,1H3/t17-,18+,20+,21+/m0/s1. The molecule has 4 atom stereocenters. The second-order valence-corrected chi connectivity index (χ2v) is 8.47. The first-order valence-corrected chi connectivity index (χ1v) is 10.5. The highest BCUT2D eigenvalue weighted by Crippen LogP contribution is 2.38. The summed E-state index contributed by atoms with van der Waals surface area (Å²) >= 11 is 0. The van der Waals surface area contributed by atoms with E-state index in [9.17, 15) is 9.90 Å². The summed E-state index contributed by atoms with van der Waals surface area (Å²) in [6.07, 6.45) is 0.819. The van der Waals surface area contributed by atoms with Crippen molar-refractivity contribution < 1.29 is 28.8 Å². The number of rotatable bonds is 5. The van der Waals surface area contributed by atoms with Crippen LogP contribution in [0.1, 0.15) is 23.2 Å². The number of hydrogen-bond donors (Lipinski definition) is 1. The molecule has 7 nitrogen and oxygen atoms in total. The zero-order valence-electron chi connectivity index (χ0n) is 17.0. The van der Waals surface area contributed by atoms with E-state index in [1.165, 1.54) is 7.11 Å². The molecular formula is C22H31NO6. The van der Waals surface area contributed by atoms with Gasteiger partial charge in [-0.05, 0) is 42.9 Å². The van der Waals surface area contributed by atoms with Crippen molar-refractivity contribution >= 4 is 5.97 Å². The topological polar surface area (TPSA) is 77.5 Å². The van der Waals surface area contributed by atoms with Crippen LogP contribution in [0, 0.1) is 17.8 Å². The first-order valence-electron chi connectivity index (χ1n) is 10.5. The molecule has 1 aromatic rings. The highest BCUT2D eigenvalue weighted by molar-refractivity contribution is 5.89. The minimum Gasteiger partial charge on any atom is -0.488 e. The van der Waals surface area contributed by atoms with Gasteiger partial charge in [-0.1, -0.05) is 6.07 Å². The number of esters is 1. The van der Waals surface area contributed by atoms with Gasteiger partial charge in [0.25, 0.3) is 0 Å². The van der Waals surface area contributed by atoms with Crippen molar-refractivity contribution in [3.63, 3.8) is 0 Å². The van der Waals surface area contributed by atoms with E-state index in [1.807, 2.05) is 6.07 Å². The summed E-state index contributed by atoms with van der Waals surface area (Å²) in [7, 11) is 1.36. The number of benzene rings is 1. The first-order chi connectivity index (χ1) is 14.1. The molecule has 3 fully saturated rings. The number of carbonyl (C=O) groups is 1. The van der Waals surface area contributed by atoms with Gasteiger partial charge >= 0.3 is 5.97 Å². The molecule has 1 aromatic carbocycles. The van der Waals surface area contributed by atoms with Gasteiger partial charge in [0.2, 0.25) is 0 Å². The molecule has 0 unspecified atom stereocenters. The zero-order chi connectivity index (χ0) is 20.2. The molecule has 160 valence electrons. The van der Waals surface area contributed by atoms with Crippen molar-refractivity contribution in [1.29, 1.82) is 0 Å². The molecule has 3 aliphatic rings. The Morgan fingerprint density at radius 3 is 2.62 bits per heavy atom. The number of aliphatic hydroxyl groups is 1. The number of ether oxygens (including phenoxy) is 4. The Hall–Kier alpha value is -1.67. The van der Waals surface area contributed by atoms with Gasteiger partial charge in [0.15, 0.2) is 0 Å². The molecule has 0 bridgehead atoms. The average molecular weight is 405 g/mol. The molecule has 1 aliphatic carbocycles. The summed E-state index contributed by atoms with van der Waals surface area (Å²) in [5, 5.41) is 10.7. The summed E-state index contributed by atoms with van der Waals surface area (Å²) < 4.78 is 22.1. The molecule has 0 radical (unpaired) electrons. The first kappa shape index (κ1) is 20.6. The van der Waals surface area contributed by atoms with Crippen LogP contribution in [-0.4, -0.2) is 81.4 Å².